The molecule has 2 aromatic carbocycles. The van der Waals surface area contributed by atoms with E-state index in [-0.39, 0.29) is 4.90 Å². The van der Waals surface area contributed by atoms with Crippen LogP contribution in [0, 0.1) is 0 Å². The van der Waals surface area contributed by atoms with Crippen molar-refractivity contribution >= 4 is 33.4 Å². The summed E-state index contributed by atoms with van der Waals surface area (Å²) in [5.74, 6) is 0.908. The van der Waals surface area contributed by atoms with Gasteiger partial charge in [-0.05, 0) is 42.5 Å². The molecule has 1 unspecified atom stereocenters. The molecule has 2 N–H and O–H groups in total. The second-order valence-corrected chi connectivity index (χ2v) is 9.57. The number of hydrogen-bond donors (Lipinski definition) is 1. The third-order valence-corrected chi connectivity index (χ3v) is 7.48. The standard InChI is InChI=1S/C23H25N5O4S/c1-31-20-3-2-4-21(15-20)33(29,30)27-10-9-17-16-25-23(24)28(22(17)27)19-7-5-18(6-8-19)26-11-13-32-14-12-26/h2-10,15-16,23H,11-14,24H2,1H3. The van der Waals surface area contributed by atoms with Crippen LogP contribution < -0.4 is 20.3 Å². The first-order valence-electron chi connectivity index (χ1n) is 10.6. The molecule has 0 aliphatic carbocycles. The zero-order valence-corrected chi connectivity index (χ0v) is 19.0. The Hall–Kier alpha value is -3.34. The molecule has 9 nitrogen and oxygen atoms in total. The van der Waals surface area contributed by atoms with E-state index < -0.39 is 16.3 Å². The van der Waals surface area contributed by atoms with Gasteiger partial charge in [-0.1, -0.05) is 6.07 Å². The summed E-state index contributed by atoms with van der Waals surface area (Å²) in [6, 6.07) is 16.0. The molecule has 0 spiro atoms. The number of aromatic nitrogens is 1. The Morgan fingerprint density at radius 1 is 1.06 bits per heavy atom. The minimum Gasteiger partial charge on any atom is -0.497 e. The van der Waals surface area contributed by atoms with E-state index in [1.54, 1.807) is 35.4 Å². The van der Waals surface area contributed by atoms with Gasteiger partial charge in [0.05, 0.1) is 25.2 Å². The van der Waals surface area contributed by atoms with E-state index in [0.717, 1.165) is 24.5 Å². The number of rotatable bonds is 5. The average molecular weight is 468 g/mol. The molecule has 5 rings (SSSR count). The van der Waals surface area contributed by atoms with E-state index in [2.05, 4.69) is 9.89 Å². The van der Waals surface area contributed by atoms with Crippen molar-refractivity contribution in [1.29, 1.82) is 0 Å². The first-order chi connectivity index (χ1) is 16.0. The molecule has 0 saturated carbocycles. The Balaban J connectivity index is 1.55. The maximum atomic E-state index is 13.6. The highest BCUT2D eigenvalue weighted by atomic mass is 32.2. The number of benzene rings is 2. The molecular weight excluding hydrogens is 442 g/mol. The average Bonchev–Trinajstić information content (AvgIpc) is 3.30. The summed E-state index contributed by atoms with van der Waals surface area (Å²) < 4.78 is 39.0. The van der Waals surface area contributed by atoms with Crippen LogP contribution in [0.4, 0.5) is 17.2 Å². The third-order valence-electron chi connectivity index (χ3n) is 5.82. The zero-order valence-electron chi connectivity index (χ0n) is 18.2. The number of nitrogens with two attached hydrogens (primary N) is 1. The first kappa shape index (κ1) is 21.5. The smallest absolute Gasteiger partial charge is 0.269 e. The third kappa shape index (κ3) is 3.86. The van der Waals surface area contributed by atoms with Crippen LogP contribution in [0.25, 0.3) is 0 Å². The molecule has 0 amide bonds. The summed E-state index contributed by atoms with van der Waals surface area (Å²) in [4.78, 5) is 8.47. The number of ether oxygens (including phenoxy) is 2. The van der Waals surface area contributed by atoms with Gasteiger partial charge in [0.15, 0.2) is 6.29 Å². The van der Waals surface area contributed by atoms with Crippen LogP contribution in [0.1, 0.15) is 5.56 Å². The second-order valence-electron chi connectivity index (χ2n) is 7.75. The summed E-state index contributed by atoms with van der Waals surface area (Å²) in [6.07, 6.45) is 2.37. The van der Waals surface area contributed by atoms with E-state index in [0.29, 0.717) is 30.3 Å². The van der Waals surface area contributed by atoms with Crippen molar-refractivity contribution in [1.82, 2.24) is 3.97 Å². The molecule has 1 aromatic heterocycles. The predicted molar refractivity (Wildman–Crippen MR) is 127 cm³/mol. The first-order valence-corrected chi connectivity index (χ1v) is 12.0. The van der Waals surface area contributed by atoms with Gasteiger partial charge in [0.2, 0.25) is 0 Å². The molecule has 0 bridgehead atoms. The summed E-state index contributed by atoms with van der Waals surface area (Å²) in [5.41, 5.74) is 8.83. The quantitative estimate of drug-likeness (QED) is 0.615. The molecule has 2 aliphatic rings. The summed E-state index contributed by atoms with van der Waals surface area (Å²) in [7, 11) is -2.40. The monoisotopic (exact) mass is 467 g/mol. The summed E-state index contributed by atoms with van der Waals surface area (Å²) in [5, 5.41) is 0. The van der Waals surface area contributed by atoms with Gasteiger partial charge in [-0.25, -0.2) is 12.4 Å². The van der Waals surface area contributed by atoms with Crippen molar-refractivity contribution in [2.45, 2.75) is 11.2 Å². The van der Waals surface area contributed by atoms with Crippen LogP contribution in [-0.4, -0.2) is 58.3 Å². The highest BCUT2D eigenvalue weighted by Gasteiger charge is 2.31. The van der Waals surface area contributed by atoms with Crippen molar-refractivity contribution in [3.63, 3.8) is 0 Å². The summed E-state index contributed by atoms with van der Waals surface area (Å²) >= 11 is 0. The van der Waals surface area contributed by atoms with Crippen molar-refractivity contribution in [3.05, 3.63) is 66.4 Å². The normalized spacial score (nSPS) is 18.3. The largest absolute Gasteiger partial charge is 0.497 e. The summed E-state index contributed by atoms with van der Waals surface area (Å²) in [6.45, 7) is 3.07. The van der Waals surface area contributed by atoms with E-state index in [1.165, 1.54) is 23.3 Å². The molecule has 3 heterocycles. The topological polar surface area (TPSA) is 102 Å². The van der Waals surface area contributed by atoms with Gasteiger partial charge in [0.1, 0.15) is 11.6 Å². The van der Waals surface area contributed by atoms with Gasteiger partial charge in [-0.2, -0.15) is 0 Å². The van der Waals surface area contributed by atoms with Gasteiger partial charge in [0.25, 0.3) is 10.0 Å². The Bertz CT molecular complexity index is 1280. The molecule has 0 radical (unpaired) electrons. The fourth-order valence-corrected chi connectivity index (χ4v) is 5.49. The molecule has 10 heteroatoms. The number of anilines is 3. The molecule has 1 atom stereocenters. The minimum atomic E-state index is -3.90. The van der Waals surface area contributed by atoms with Crippen LogP contribution in [0.3, 0.4) is 0 Å². The van der Waals surface area contributed by atoms with Crippen molar-refractivity contribution < 1.29 is 17.9 Å². The van der Waals surface area contributed by atoms with Crippen molar-refractivity contribution in [2.75, 3.05) is 43.2 Å². The highest BCUT2D eigenvalue weighted by molar-refractivity contribution is 7.90. The van der Waals surface area contributed by atoms with Crippen LogP contribution in [0.15, 0.2) is 70.7 Å². The number of nitrogens with zero attached hydrogens (tertiary/aromatic N) is 4. The number of aliphatic imine (C=N–C) groups is 1. The maximum Gasteiger partial charge on any atom is 0.269 e. The van der Waals surface area contributed by atoms with E-state index in [9.17, 15) is 8.42 Å². The molecule has 1 fully saturated rings. The SMILES string of the molecule is COc1cccc(S(=O)(=O)n2ccc3c2N(c2ccc(N4CCOCC4)cc2)C(N)N=C3)c1. The lowest BCUT2D eigenvalue weighted by molar-refractivity contribution is 0.122. The van der Waals surface area contributed by atoms with E-state index in [4.69, 9.17) is 15.2 Å². The fourth-order valence-electron chi connectivity index (χ4n) is 4.10. The van der Waals surface area contributed by atoms with Gasteiger partial charge in [-0.3, -0.25) is 15.6 Å². The molecule has 1 saturated heterocycles. The molecule has 172 valence electrons. The highest BCUT2D eigenvalue weighted by Crippen LogP contribution is 2.36. The Kier molecular flexibility index (Phi) is 5.57. The van der Waals surface area contributed by atoms with Crippen molar-refractivity contribution in [3.8, 4) is 5.75 Å². The van der Waals surface area contributed by atoms with Crippen molar-refractivity contribution in [2.24, 2.45) is 10.7 Å². The Morgan fingerprint density at radius 2 is 1.79 bits per heavy atom. The van der Waals surface area contributed by atoms with Gasteiger partial charge in [-0.15, -0.1) is 0 Å². The lowest BCUT2D eigenvalue weighted by Gasteiger charge is -2.33. The van der Waals surface area contributed by atoms with Crippen LogP contribution in [-0.2, 0) is 14.8 Å². The van der Waals surface area contributed by atoms with Gasteiger partial charge < -0.3 is 14.4 Å². The molecule has 2 aliphatic heterocycles. The molecule has 3 aromatic rings. The van der Waals surface area contributed by atoms with Gasteiger partial charge in [0, 0.05) is 48.5 Å². The van der Waals surface area contributed by atoms with Crippen LogP contribution >= 0.6 is 0 Å². The Morgan fingerprint density at radius 3 is 2.52 bits per heavy atom. The molecular formula is C23H25N5O4S. The lowest BCUT2D eigenvalue weighted by Crippen LogP contribution is -2.41. The van der Waals surface area contributed by atoms with E-state index in [1.807, 2.05) is 24.3 Å². The van der Waals surface area contributed by atoms with Crippen LogP contribution in [0.2, 0.25) is 0 Å². The lowest BCUT2D eigenvalue weighted by atomic mass is 10.2. The van der Waals surface area contributed by atoms with Crippen LogP contribution in [0.5, 0.6) is 5.75 Å². The number of methoxy groups -OCH3 is 1. The predicted octanol–water partition coefficient (Wildman–Crippen LogP) is 2.38. The fraction of sp³-hybridized carbons (Fsp3) is 0.261. The molecule has 33 heavy (non-hydrogen) atoms. The number of hydrogen-bond acceptors (Lipinski definition) is 8. The van der Waals surface area contributed by atoms with Gasteiger partial charge >= 0.3 is 0 Å². The Labute approximate surface area is 192 Å². The minimum absolute atomic E-state index is 0.124. The number of fused-ring (bicyclic) bond motifs is 1. The maximum absolute atomic E-state index is 13.6. The zero-order chi connectivity index (χ0) is 23.0. The van der Waals surface area contributed by atoms with E-state index >= 15 is 0 Å². The number of morpholine rings is 1. The second kappa shape index (κ2) is 8.54.